The second-order valence-electron chi connectivity index (χ2n) is 8.57. The maximum Gasteiger partial charge on any atom is 0.269 e. The first-order chi connectivity index (χ1) is 18.0. The van der Waals surface area contributed by atoms with Crippen molar-refractivity contribution in [3.63, 3.8) is 0 Å². The van der Waals surface area contributed by atoms with Gasteiger partial charge in [-0.2, -0.15) is 0 Å². The maximum absolute atomic E-state index is 13.5. The minimum absolute atomic E-state index is 0.00209. The number of carbonyl (C=O) groups excluding carboxylic acids is 3. The third kappa shape index (κ3) is 5.20. The number of thioether (sulfide) groups is 2. The molecular weight excluding hydrogens is 567 g/mol. The number of hydrogen-bond donors (Lipinski definition) is 0. The van der Waals surface area contributed by atoms with Crippen LogP contribution in [-0.4, -0.2) is 44.7 Å². The summed E-state index contributed by atoms with van der Waals surface area (Å²) >= 11 is 8.56. The molecule has 1 saturated heterocycles. The van der Waals surface area contributed by atoms with Crippen LogP contribution in [0.3, 0.4) is 0 Å². The van der Waals surface area contributed by atoms with Crippen molar-refractivity contribution in [2.24, 2.45) is 0 Å². The van der Waals surface area contributed by atoms with Crippen LogP contribution in [0.1, 0.15) is 31.4 Å². The second-order valence-corrected chi connectivity index (χ2v) is 12.3. The van der Waals surface area contributed by atoms with Gasteiger partial charge in [-0.05, 0) is 62.1 Å². The van der Waals surface area contributed by atoms with Crippen molar-refractivity contribution >= 4 is 85.4 Å². The van der Waals surface area contributed by atoms with E-state index in [1.54, 1.807) is 11.8 Å². The lowest BCUT2D eigenvalue weighted by Crippen LogP contribution is -2.41. The summed E-state index contributed by atoms with van der Waals surface area (Å²) in [4.78, 5) is 53.2. The van der Waals surface area contributed by atoms with E-state index in [9.17, 15) is 29.4 Å². The summed E-state index contributed by atoms with van der Waals surface area (Å²) in [5, 5.41) is 23.5. The Kier molecular flexibility index (Phi) is 8.21. The van der Waals surface area contributed by atoms with E-state index in [-0.39, 0.29) is 13.9 Å². The monoisotopic (exact) mass is 589 g/mol. The van der Waals surface area contributed by atoms with Gasteiger partial charge in [0.1, 0.15) is 13.9 Å². The lowest BCUT2D eigenvalue weighted by atomic mass is 10.1. The van der Waals surface area contributed by atoms with Gasteiger partial charge in [0.15, 0.2) is 0 Å². The first-order valence-corrected chi connectivity index (χ1v) is 14.5. The number of carbonyl (C=O) groups is 3. The third-order valence-electron chi connectivity index (χ3n) is 6.13. The Labute approximate surface area is 236 Å². The largest absolute Gasteiger partial charge is 0.548 e. The number of fused-ring (bicyclic) bond motifs is 1. The van der Waals surface area contributed by atoms with Gasteiger partial charge >= 0.3 is 0 Å². The normalized spacial score (nSPS) is 18.5. The summed E-state index contributed by atoms with van der Waals surface area (Å²) in [7, 11) is 0. The lowest BCUT2D eigenvalue weighted by molar-refractivity contribution is -0.307. The number of aliphatic carboxylic acids is 2. The molecule has 0 spiro atoms. The summed E-state index contributed by atoms with van der Waals surface area (Å²) in [6.45, 7) is 7.27. The zero-order valence-corrected chi connectivity index (χ0v) is 24.3. The number of thiazole rings is 1. The number of carboxylic acids is 2. The van der Waals surface area contributed by atoms with Crippen molar-refractivity contribution in [2.75, 3.05) is 18.0 Å². The summed E-state index contributed by atoms with van der Waals surface area (Å²) in [5.41, 5.74) is 3.57. The van der Waals surface area contributed by atoms with E-state index < -0.39 is 36.5 Å². The summed E-state index contributed by atoms with van der Waals surface area (Å²) in [5.74, 6) is -3.70. The smallest absolute Gasteiger partial charge is 0.269 e. The number of anilines is 1. The highest BCUT2D eigenvalue weighted by atomic mass is 32.2. The molecule has 1 aromatic carbocycles. The number of aryl methyl sites for hydroxylation is 2. The molecule has 2 aliphatic rings. The highest BCUT2D eigenvalue weighted by Crippen LogP contribution is 2.47. The molecular formula is C25H23N3O6S4-2. The van der Waals surface area contributed by atoms with E-state index in [0.717, 1.165) is 48.2 Å². The average Bonchev–Trinajstić information content (AvgIpc) is 3.44. The molecule has 0 aliphatic carbocycles. The predicted molar refractivity (Wildman–Crippen MR) is 150 cm³/mol. The van der Waals surface area contributed by atoms with Gasteiger partial charge in [-0.1, -0.05) is 42.7 Å². The molecule has 0 N–H and O–H groups in total. The Bertz CT molecular complexity index is 1600. The van der Waals surface area contributed by atoms with Crippen molar-refractivity contribution < 1.29 is 24.6 Å². The number of amides is 1. The molecule has 4 rings (SSSR count). The lowest BCUT2D eigenvalue weighted by Gasteiger charge is -2.19. The molecule has 0 radical (unpaired) electrons. The minimum Gasteiger partial charge on any atom is -0.548 e. The highest BCUT2D eigenvalue weighted by Gasteiger charge is 2.34. The molecule has 0 saturated carbocycles. The maximum atomic E-state index is 13.5. The van der Waals surface area contributed by atoms with Crippen molar-refractivity contribution in [3.8, 4) is 0 Å². The van der Waals surface area contributed by atoms with E-state index in [1.807, 2.05) is 19.9 Å². The molecule has 13 heteroatoms. The van der Waals surface area contributed by atoms with Crippen LogP contribution >= 0.6 is 47.1 Å². The zero-order chi connectivity index (χ0) is 27.9. The van der Waals surface area contributed by atoms with Crippen molar-refractivity contribution in [1.29, 1.82) is 0 Å². The first kappa shape index (κ1) is 28.1. The summed E-state index contributed by atoms with van der Waals surface area (Å²) < 4.78 is 1.36. The van der Waals surface area contributed by atoms with Gasteiger partial charge in [0.25, 0.3) is 11.5 Å². The van der Waals surface area contributed by atoms with Crippen LogP contribution in [0.2, 0.25) is 0 Å². The second kappa shape index (κ2) is 11.1. The minimum atomic E-state index is -1.50. The fraction of sp³-hybridized carbons (Fsp3) is 0.320. The van der Waals surface area contributed by atoms with Gasteiger partial charge in [0.05, 0.1) is 40.3 Å². The Hall–Kier alpha value is -2.87. The number of aromatic nitrogens is 1. The van der Waals surface area contributed by atoms with E-state index in [2.05, 4.69) is 30.9 Å². The van der Waals surface area contributed by atoms with Crippen LogP contribution in [-0.2, 0) is 20.9 Å². The Balaban J connectivity index is 1.93. The molecule has 0 bridgehead atoms. The Morgan fingerprint density at radius 1 is 1.00 bits per heavy atom. The van der Waals surface area contributed by atoms with Crippen LogP contribution in [0.5, 0.6) is 0 Å². The number of allylic oxidation sites excluding steroid dienone is 1. The van der Waals surface area contributed by atoms with Gasteiger partial charge in [0.2, 0.25) is 0 Å². The van der Waals surface area contributed by atoms with E-state index >= 15 is 0 Å². The Morgan fingerprint density at radius 2 is 1.66 bits per heavy atom. The van der Waals surface area contributed by atoms with E-state index in [1.165, 1.54) is 11.1 Å². The number of benzene rings is 1. The van der Waals surface area contributed by atoms with E-state index in [0.29, 0.717) is 23.1 Å². The summed E-state index contributed by atoms with van der Waals surface area (Å²) in [6.07, 6.45) is 2.41. The molecule has 38 heavy (non-hydrogen) atoms. The van der Waals surface area contributed by atoms with Crippen molar-refractivity contribution in [2.45, 2.75) is 45.6 Å². The van der Waals surface area contributed by atoms with Gasteiger partial charge in [0, 0.05) is 11.4 Å². The van der Waals surface area contributed by atoms with Crippen LogP contribution in [0.25, 0.3) is 10.5 Å². The molecule has 1 amide bonds. The molecule has 2 aliphatic heterocycles. The number of rotatable bonds is 7. The molecule has 2 aromatic rings. The quantitative estimate of drug-likeness (QED) is 0.409. The van der Waals surface area contributed by atoms with Gasteiger partial charge < -0.3 is 24.7 Å². The molecule has 1 aromatic heterocycles. The summed E-state index contributed by atoms with van der Waals surface area (Å²) in [6, 6.07) is 4.28. The molecule has 3 heterocycles. The number of hydrogen-bond acceptors (Lipinski definition) is 11. The van der Waals surface area contributed by atoms with Crippen LogP contribution in [0.15, 0.2) is 32.9 Å². The average molecular weight is 590 g/mol. The fourth-order valence-corrected chi connectivity index (χ4v) is 8.02. The molecule has 200 valence electrons. The highest BCUT2D eigenvalue weighted by molar-refractivity contribution is 8.30. The SMILES string of the molecule is CCC(/C=C1\Sc2cc(C)c(C)cc2N1CC)=c1\s/c(=C2/SC(=S)N(CC(=O)[O-])C2=O)n(CC(=O)[O-])c1=O. The van der Waals surface area contributed by atoms with Crippen molar-refractivity contribution in [1.82, 2.24) is 9.47 Å². The predicted octanol–water partition coefficient (Wildman–Crippen LogP) is 0.0292. The fourth-order valence-electron chi connectivity index (χ4n) is 4.11. The molecule has 0 atom stereocenters. The van der Waals surface area contributed by atoms with Gasteiger partial charge in [-0.15, -0.1) is 11.3 Å². The number of carboxylic acid groups (broad SMARTS) is 2. The topological polar surface area (TPSA) is 126 Å². The molecule has 9 nitrogen and oxygen atoms in total. The van der Waals surface area contributed by atoms with Gasteiger partial charge in [-0.3, -0.25) is 19.1 Å². The standard InChI is InChI=1S/C25H25N3O6S4/c1-5-14(9-17-26(6-2)15-7-12(3)13(4)8-16(15)36-17)20-22(33)27(10-18(29)30)24(37-20)21-23(34)28(11-19(31)32)25(35)38-21/h7-9H,5-6,10-11H2,1-4H3,(H,29,30)(H,31,32)/p-2/b17-9-,20-14+,24-21+. The van der Waals surface area contributed by atoms with Crippen LogP contribution in [0.4, 0.5) is 5.69 Å². The third-order valence-corrected chi connectivity index (χ3v) is 10.1. The van der Waals surface area contributed by atoms with Gasteiger partial charge in [-0.25, -0.2) is 0 Å². The number of thiocarbonyl (C=S) groups is 1. The van der Waals surface area contributed by atoms with Crippen LogP contribution < -0.4 is 29.9 Å². The first-order valence-electron chi connectivity index (χ1n) is 11.7. The Morgan fingerprint density at radius 3 is 2.26 bits per heavy atom. The van der Waals surface area contributed by atoms with Crippen LogP contribution in [0, 0.1) is 13.8 Å². The van der Waals surface area contributed by atoms with E-state index in [4.69, 9.17) is 12.2 Å². The van der Waals surface area contributed by atoms with Crippen molar-refractivity contribution in [3.05, 3.63) is 53.9 Å². The molecule has 1 fully saturated rings. The molecule has 0 unspecified atom stereocenters. The zero-order valence-electron chi connectivity index (χ0n) is 21.0. The number of nitrogens with zero attached hydrogens (tertiary/aromatic N) is 3.